The molecular weight excluding hydrogens is 212 g/mol. The molecular formula is C10H20N2O2S. The first-order valence-corrected chi connectivity index (χ1v) is 7.45. The van der Waals surface area contributed by atoms with Gasteiger partial charge in [-0.05, 0) is 32.2 Å². The molecule has 2 fully saturated rings. The van der Waals surface area contributed by atoms with Crippen molar-refractivity contribution in [1.82, 2.24) is 10.0 Å². The number of rotatable bonds is 4. The zero-order chi connectivity index (χ0) is 10.7. The molecule has 4 nitrogen and oxygen atoms in total. The Labute approximate surface area is 91.9 Å². The van der Waals surface area contributed by atoms with Gasteiger partial charge in [0.15, 0.2) is 0 Å². The van der Waals surface area contributed by atoms with Crippen molar-refractivity contribution >= 4 is 10.0 Å². The molecule has 1 saturated carbocycles. The highest BCUT2D eigenvalue weighted by Gasteiger charge is 2.35. The van der Waals surface area contributed by atoms with E-state index in [-0.39, 0.29) is 5.25 Å². The molecule has 0 amide bonds. The summed E-state index contributed by atoms with van der Waals surface area (Å²) in [6.07, 6.45) is 6.46. The van der Waals surface area contributed by atoms with Crippen LogP contribution in [0.1, 0.15) is 38.5 Å². The van der Waals surface area contributed by atoms with E-state index >= 15 is 0 Å². The van der Waals surface area contributed by atoms with Gasteiger partial charge in [0.05, 0.1) is 5.25 Å². The summed E-state index contributed by atoms with van der Waals surface area (Å²) in [4.78, 5) is 0. The molecule has 1 aliphatic heterocycles. The molecule has 0 aromatic rings. The van der Waals surface area contributed by atoms with E-state index in [0.29, 0.717) is 12.6 Å². The highest BCUT2D eigenvalue weighted by atomic mass is 32.2. The third-order valence-electron chi connectivity index (χ3n) is 3.16. The van der Waals surface area contributed by atoms with Crippen molar-refractivity contribution in [3.8, 4) is 0 Å². The Hall–Kier alpha value is -0.130. The van der Waals surface area contributed by atoms with Gasteiger partial charge in [-0.15, -0.1) is 0 Å². The Kier molecular flexibility index (Phi) is 3.64. The van der Waals surface area contributed by atoms with Crippen LogP contribution in [0.2, 0.25) is 0 Å². The molecule has 0 spiro atoms. The molecule has 1 saturated heterocycles. The molecule has 2 N–H and O–H groups in total. The monoisotopic (exact) mass is 232 g/mol. The lowest BCUT2D eigenvalue weighted by Crippen LogP contribution is -2.41. The zero-order valence-corrected chi connectivity index (χ0v) is 9.85. The molecule has 15 heavy (non-hydrogen) atoms. The molecule has 1 atom stereocenters. The summed E-state index contributed by atoms with van der Waals surface area (Å²) in [5.74, 6) is 0. The molecule has 0 radical (unpaired) electrons. The molecule has 2 rings (SSSR count). The summed E-state index contributed by atoms with van der Waals surface area (Å²) in [5, 5.41) is 3.29. The minimum absolute atomic E-state index is 0.0942. The van der Waals surface area contributed by atoms with Crippen molar-refractivity contribution in [3.63, 3.8) is 0 Å². The van der Waals surface area contributed by atoms with Crippen molar-refractivity contribution in [3.05, 3.63) is 0 Å². The standard InChI is InChI=1S/C10H20N2O2S/c13-15(14,10-5-6-10)12-8-9-4-2-1-3-7-11-9/h9-12H,1-8H2. The van der Waals surface area contributed by atoms with E-state index in [2.05, 4.69) is 10.0 Å². The number of nitrogens with one attached hydrogen (secondary N) is 2. The van der Waals surface area contributed by atoms with Gasteiger partial charge in [0.2, 0.25) is 10.0 Å². The van der Waals surface area contributed by atoms with Gasteiger partial charge in [-0.25, -0.2) is 13.1 Å². The lowest BCUT2D eigenvalue weighted by atomic mass is 10.1. The van der Waals surface area contributed by atoms with Crippen LogP contribution >= 0.6 is 0 Å². The first-order chi connectivity index (χ1) is 7.18. The van der Waals surface area contributed by atoms with E-state index in [1.54, 1.807) is 0 Å². The number of sulfonamides is 1. The van der Waals surface area contributed by atoms with Crippen molar-refractivity contribution in [2.75, 3.05) is 13.1 Å². The van der Waals surface area contributed by atoms with E-state index < -0.39 is 10.0 Å². The average Bonchev–Trinajstić information content (AvgIpc) is 3.03. The molecule has 1 unspecified atom stereocenters. The van der Waals surface area contributed by atoms with Crippen LogP contribution in [0.25, 0.3) is 0 Å². The molecule has 88 valence electrons. The van der Waals surface area contributed by atoms with E-state index in [1.807, 2.05) is 0 Å². The molecule has 0 aromatic carbocycles. The maximum absolute atomic E-state index is 11.6. The maximum Gasteiger partial charge on any atom is 0.214 e. The highest BCUT2D eigenvalue weighted by Crippen LogP contribution is 2.27. The Bertz CT molecular complexity index is 291. The minimum atomic E-state index is -2.99. The summed E-state index contributed by atoms with van der Waals surface area (Å²) in [5.41, 5.74) is 0. The summed E-state index contributed by atoms with van der Waals surface area (Å²) >= 11 is 0. The third kappa shape index (κ3) is 3.43. The molecule has 1 heterocycles. The molecule has 5 heteroatoms. The fourth-order valence-corrected chi connectivity index (χ4v) is 3.41. The van der Waals surface area contributed by atoms with E-state index in [9.17, 15) is 8.42 Å². The van der Waals surface area contributed by atoms with Crippen LogP contribution in [0.3, 0.4) is 0 Å². The van der Waals surface area contributed by atoms with Gasteiger partial charge < -0.3 is 5.32 Å². The van der Waals surface area contributed by atoms with Crippen LogP contribution in [0.5, 0.6) is 0 Å². The summed E-state index contributed by atoms with van der Waals surface area (Å²) in [6.45, 7) is 1.59. The lowest BCUT2D eigenvalue weighted by molar-refractivity contribution is 0.494. The largest absolute Gasteiger partial charge is 0.313 e. The normalized spacial score (nSPS) is 28.7. The second-order valence-electron chi connectivity index (χ2n) is 4.59. The van der Waals surface area contributed by atoms with Crippen LogP contribution in [-0.2, 0) is 10.0 Å². The zero-order valence-electron chi connectivity index (χ0n) is 9.04. The third-order valence-corrected chi connectivity index (χ3v) is 5.07. The molecule has 0 aromatic heterocycles. The van der Waals surface area contributed by atoms with Crippen LogP contribution < -0.4 is 10.0 Å². The SMILES string of the molecule is O=S(=O)(NCC1CCCCCN1)C1CC1. The van der Waals surface area contributed by atoms with Crippen molar-refractivity contribution < 1.29 is 8.42 Å². The Morgan fingerprint density at radius 1 is 1.13 bits per heavy atom. The van der Waals surface area contributed by atoms with Crippen LogP contribution in [0, 0.1) is 0 Å². The predicted octanol–water partition coefficient (Wildman–Crippen LogP) is 0.600. The average molecular weight is 232 g/mol. The van der Waals surface area contributed by atoms with Gasteiger partial charge >= 0.3 is 0 Å². The van der Waals surface area contributed by atoms with E-state index in [0.717, 1.165) is 25.8 Å². The van der Waals surface area contributed by atoms with Gasteiger partial charge in [-0.1, -0.05) is 12.8 Å². The summed E-state index contributed by atoms with van der Waals surface area (Å²) in [7, 11) is -2.99. The van der Waals surface area contributed by atoms with Crippen molar-refractivity contribution in [2.45, 2.75) is 49.8 Å². The Balaban J connectivity index is 1.76. The fourth-order valence-electron chi connectivity index (χ4n) is 1.99. The van der Waals surface area contributed by atoms with Gasteiger partial charge in [-0.2, -0.15) is 0 Å². The topological polar surface area (TPSA) is 58.2 Å². The van der Waals surface area contributed by atoms with Crippen LogP contribution in [0.4, 0.5) is 0 Å². The van der Waals surface area contributed by atoms with Crippen LogP contribution in [-0.4, -0.2) is 32.8 Å². The van der Waals surface area contributed by atoms with E-state index in [1.165, 1.54) is 19.3 Å². The first kappa shape index (κ1) is 11.4. The summed E-state index contributed by atoms with van der Waals surface area (Å²) < 4.78 is 25.9. The quantitative estimate of drug-likeness (QED) is 0.746. The number of hydrogen-bond donors (Lipinski definition) is 2. The smallest absolute Gasteiger partial charge is 0.214 e. The second-order valence-corrected chi connectivity index (χ2v) is 6.64. The minimum Gasteiger partial charge on any atom is -0.313 e. The maximum atomic E-state index is 11.6. The highest BCUT2D eigenvalue weighted by molar-refractivity contribution is 7.90. The van der Waals surface area contributed by atoms with Crippen LogP contribution in [0.15, 0.2) is 0 Å². The van der Waals surface area contributed by atoms with Crippen molar-refractivity contribution in [1.29, 1.82) is 0 Å². The van der Waals surface area contributed by atoms with Gasteiger partial charge in [0, 0.05) is 12.6 Å². The Morgan fingerprint density at radius 2 is 1.93 bits per heavy atom. The van der Waals surface area contributed by atoms with E-state index in [4.69, 9.17) is 0 Å². The lowest BCUT2D eigenvalue weighted by Gasteiger charge is -2.16. The van der Waals surface area contributed by atoms with Gasteiger partial charge in [-0.3, -0.25) is 0 Å². The fraction of sp³-hybridized carbons (Fsp3) is 1.00. The molecule has 0 bridgehead atoms. The summed E-state index contributed by atoms with van der Waals surface area (Å²) in [6, 6.07) is 0.334. The first-order valence-electron chi connectivity index (χ1n) is 5.90. The predicted molar refractivity (Wildman–Crippen MR) is 60.2 cm³/mol. The number of hydrogen-bond acceptors (Lipinski definition) is 3. The Morgan fingerprint density at radius 3 is 2.67 bits per heavy atom. The van der Waals surface area contributed by atoms with Gasteiger partial charge in [0.1, 0.15) is 0 Å². The second kappa shape index (κ2) is 4.80. The van der Waals surface area contributed by atoms with Gasteiger partial charge in [0.25, 0.3) is 0 Å². The molecule has 2 aliphatic rings. The van der Waals surface area contributed by atoms with Crippen molar-refractivity contribution in [2.24, 2.45) is 0 Å². The molecule has 1 aliphatic carbocycles.